The van der Waals surface area contributed by atoms with Crippen molar-refractivity contribution >= 4 is 5.91 Å². The van der Waals surface area contributed by atoms with Gasteiger partial charge >= 0.3 is 0 Å². The van der Waals surface area contributed by atoms with Crippen LogP contribution in [0.1, 0.15) is 25.7 Å². The zero-order valence-electron chi connectivity index (χ0n) is 10.8. The van der Waals surface area contributed by atoms with E-state index in [4.69, 9.17) is 5.73 Å². The number of carbonyl (C=O) groups excluding carboxylic acids is 1. The predicted octanol–water partition coefficient (Wildman–Crippen LogP) is 0.667. The average Bonchev–Trinajstić information content (AvgIpc) is 2.30. The van der Waals surface area contributed by atoms with Gasteiger partial charge in [-0.05, 0) is 19.9 Å². The summed E-state index contributed by atoms with van der Waals surface area (Å²) in [7, 11) is 2.00. The molecule has 2 heterocycles. The molecule has 0 saturated carbocycles. The van der Waals surface area contributed by atoms with Gasteiger partial charge < -0.3 is 10.6 Å². The molecule has 0 aromatic heterocycles. The maximum absolute atomic E-state index is 13.2. The summed E-state index contributed by atoms with van der Waals surface area (Å²) in [5.74, 6) is -2.94. The highest BCUT2D eigenvalue weighted by Crippen LogP contribution is 2.35. The van der Waals surface area contributed by atoms with E-state index >= 15 is 0 Å². The number of piperidine rings is 2. The molecule has 18 heavy (non-hydrogen) atoms. The molecule has 2 saturated heterocycles. The lowest BCUT2D eigenvalue weighted by Crippen LogP contribution is -2.64. The third-order valence-electron chi connectivity index (χ3n) is 4.37. The highest BCUT2D eigenvalue weighted by molar-refractivity contribution is 5.84. The summed E-state index contributed by atoms with van der Waals surface area (Å²) >= 11 is 0. The van der Waals surface area contributed by atoms with Crippen molar-refractivity contribution in [2.45, 2.75) is 37.1 Å². The topological polar surface area (TPSA) is 49.6 Å². The summed E-state index contributed by atoms with van der Waals surface area (Å²) < 4.78 is 26.4. The van der Waals surface area contributed by atoms with E-state index in [1.165, 1.54) is 0 Å². The fraction of sp³-hybridized carbons (Fsp3) is 0.917. The van der Waals surface area contributed by atoms with Gasteiger partial charge in [0.25, 0.3) is 5.92 Å². The molecule has 2 N–H and O–H groups in total. The zero-order valence-corrected chi connectivity index (χ0v) is 10.8. The Balaban J connectivity index is 2.09. The van der Waals surface area contributed by atoms with Gasteiger partial charge in [-0.3, -0.25) is 9.69 Å². The second-order valence-electron chi connectivity index (χ2n) is 5.54. The lowest BCUT2D eigenvalue weighted by Gasteiger charge is -2.48. The van der Waals surface area contributed by atoms with Crippen LogP contribution in [0.4, 0.5) is 8.78 Å². The van der Waals surface area contributed by atoms with Crippen molar-refractivity contribution in [2.75, 3.05) is 33.2 Å². The van der Waals surface area contributed by atoms with Crippen molar-refractivity contribution in [3.63, 3.8) is 0 Å². The Morgan fingerprint density at radius 1 is 1.06 bits per heavy atom. The number of likely N-dealkylation sites (tertiary alicyclic amines) is 2. The summed E-state index contributed by atoms with van der Waals surface area (Å²) in [6, 6.07) is 0. The molecule has 104 valence electrons. The van der Waals surface area contributed by atoms with Crippen LogP contribution >= 0.6 is 0 Å². The highest BCUT2D eigenvalue weighted by Gasteiger charge is 2.47. The molecule has 0 bridgehead atoms. The first-order valence-electron chi connectivity index (χ1n) is 6.47. The standard InChI is InChI=1S/C12H21F2N3O/c1-16-6-2-11(3-7-16,10(15)18)17-8-4-12(13,14)5-9-17/h2-9H2,1H3,(H2,15,18). The molecule has 0 aromatic carbocycles. The van der Waals surface area contributed by atoms with E-state index < -0.39 is 11.5 Å². The monoisotopic (exact) mass is 261 g/mol. The molecule has 0 atom stereocenters. The third kappa shape index (κ3) is 2.49. The zero-order chi connectivity index (χ0) is 13.4. The Bertz CT molecular complexity index is 317. The predicted molar refractivity (Wildman–Crippen MR) is 64.4 cm³/mol. The van der Waals surface area contributed by atoms with Crippen LogP contribution in [-0.2, 0) is 4.79 Å². The van der Waals surface area contributed by atoms with E-state index in [2.05, 4.69) is 4.90 Å². The minimum atomic E-state index is -2.58. The van der Waals surface area contributed by atoms with Crippen LogP contribution in [0.25, 0.3) is 0 Å². The van der Waals surface area contributed by atoms with Crippen LogP contribution in [0.5, 0.6) is 0 Å². The smallest absolute Gasteiger partial charge is 0.250 e. The van der Waals surface area contributed by atoms with Crippen molar-refractivity contribution in [2.24, 2.45) is 5.73 Å². The molecule has 1 amide bonds. The van der Waals surface area contributed by atoms with Gasteiger partial charge in [0.05, 0.1) is 0 Å². The van der Waals surface area contributed by atoms with Crippen molar-refractivity contribution in [3.8, 4) is 0 Å². The van der Waals surface area contributed by atoms with Crippen LogP contribution in [-0.4, -0.2) is 60.4 Å². The fourth-order valence-corrected chi connectivity index (χ4v) is 2.97. The first-order valence-corrected chi connectivity index (χ1v) is 6.47. The summed E-state index contributed by atoms with van der Waals surface area (Å²) in [5.41, 5.74) is 4.85. The lowest BCUT2D eigenvalue weighted by atomic mass is 9.83. The lowest BCUT2D eigenvalue weighted by molar-refractivity contribution is -0.140. The number of nitrogens with zero attached hydrogens (tertiary/aromatic N) is 2. The normalized spacial score (nSPS) is 29.1. The minimum absolute atomic E-state index is 0.169. The van der Waals surface area contributed by atoms with Crippen LogP contribution in [0, 0.1) is 0 Å². The van der Waals surface area contributed by atoms with Crippen molar-refractivity contribution in [3.05, 3.63) is 0 Å². The first kappa shape index (κ1) is 13.7. The number of amides is 1. The quantitative estimate of drug-likeness (QED) is 0.794. The SMILES string of the molecule is CN1CCC(C(N)=O)(N2CCC(F)(F)CC2)CC1. The molecule has 0 unspecified atom stereocenters. The van der Waals surface area contributed by atoms with E-state index in [0.29, 0.717) is 12.8 Å². The van der Waals surface area contributed by atoms with Crippen molar-refractivity contribution < 1.29 is 13.6 Å². The first-order chi connectivity index (χ1) is 8.36. The molecule has 6 heteroatoms. The number of halogens is 2. The Morgan fingerprint density at radius 2 is 1.56 bits per heavy atom. The van der Waals surface area contributed by atoms with E-state index in [1.54, 1.807) is 0 Å². The molecular weight excluding hydrogens is 240 g/mol. The number of hydrogen-bond donors (Lipinski definition) is 1. The minimum Gasteiger partial charge on any atom is -0.368 e. The number of primary amides is 1. The summed E-state index contributed by atoms with van der Waals surface area (Å²) in [6.45, 7) is 2.10. The molecule has 0 radical (unpaired) electrons. The second-order valence-corrected chi connectivity index (χ2v) is 5.54. The van der Waals surface area contributed by atoms with Crippen LogP contribution < -0.4 is 5.73 Å². The Labute approximate surface area is 106 Å². The molecule has 4 nitrogen and oxygen atoms in total. The van der Waals surface area contributed by atoms with Gasteiger partial charge in [0.15, 0.2) is 0 Å². The fourth-order valence-electron chi connectivity index (χ4n) is 2.97. The van der Waals surface area contributed by atoms with Crippen LogP contribution in [0.2, 0.25) is 0 Å². The third-order valence-corrected chi connectivity index (χ3v) is 4.37. The molecule has 2 aliphatic rings. The van der Waals surface area contributed by atoms with Crippen LogP contribution in [0.3, 0.4) is 0 Å². The number of rotatable bonds is 2. The molecule has 0 spiro atoms. The van der Waals surface area contributed by atoms with E-state index in [0.717, 1.165) is 13.1 Å². The number of alkyl halides is 2. The Morgan fingerprint density at radius 3 is 2.00 bits per heavy atom. The van der Waals surface area contributed by atoms with E-state index in [9.17, 15) is 13.6 Å². The van der Waals surface area contributed by atoms with Gasteiger partial charge in [0.2, 0.25) is 5.91 Å². The summed E-state index contributed by atoms with van der Waals surface area (Å²) in [6.07, 6.45) is 0.949. The number of hydrogen-bond acceptors (Lipinski definition) is 3. The van der Waals surface area contributed by atoms with Crippen LogP contribution in [0.15, 0.2) is 0 Å². The molecular formula is C12H21F2N3O. The van der Waals surface area contributed by atoms with Crippen molar-refractivity contribution in [1.82, 2.24) is 9.80 Å². The van der Waals surface area contributed by atoms with E-state index in [-0.39, 0.29) is 31.8 Å². The van der Waals surface area contributed by atoms with Gasteiger partial charge in [0.1, 0.15) is 5.54 Å². The largest absolute Gasteiger partial charge is 0.368 e. The molecule has 0 aliphatic carbocycles. The number of carbonyl (C=O) groups is 1. The van der Waals surface area contributed by atoms with Gasteiger partial charge in [0, 0.05) is 39.0 Å². The average molecular weight is 261 g/mol. The number of nitrogens with two attached hydrogens (primary N) is 1. The molecule has 2 aliphatic heterocycles. The summed E-state index contributed by atoms with van der Waals surface area (Å²) in [4.78, 5) is 15.8. The maximum Gasteiger partial charge on any atom is 0.250 e. The molecule has 2 rings (SSSR count). The second kappa shape index (κ2) is 4.74. The Kier molecular flexibility index (Phi) is 3.60. The maximum atomic E-state index is 13.2. The molecule has 2 fully saturated rings. The van der Waals surface area contributed by atoms with Gasteiger partial charge in [-0.15, -0.1) is 0 Å². The van der Waals surface area contributed by atoms with E-state index in [1.807, 2.05) is 11.9 Å². The molecule has 0 aromatic rings. The van der Waals surface area contributed by atoms with Gasteiger partial charge in [-0.2, -0.15) is 0 Å². The Hall–Kier alpha value is -0.750. The van der Waals surface area contributed by atoms with Gasteiger partial charge in [-0.25, -0.2) is 8.78 Å². The van der Waals surface area contributed by atoms with Gasteiger partial charge in [-0.1, -0.05) is 0 Å². The summed E-state index contributed by atoms with van der Waals surface area (Å²) in [5, 5.41) is 0. The van der Waals surface area contributed by atoms with Crippen molar-refractivity contribution in [1.29, 1.82) is 0 Å². The highest BCUT2D eigenvalue weighted by atomic mass is 19.3.